The van der Waals surface area contributed by atoms with E-state index < -0.39 is 0 Å². The smallest absolute Gasteiger partial charge is 0.251 e. The van der Waals surface area contributed by atoms with Crippen molar-refractivity contribution in [3.8, 4) is 11.5 Å². The SMILES string of the molecule is Cc1occc1-c1nnc(CCC(=O)Nc2ccc(N3CCCCC3)cc2)o1. The largest absolute Gasteiger partial charge is 0.469 e. The molecule has 1 amide bonds. The van der Waals surface area contributed by atoms with Crippen LogP contribution in [0, 0.1) is 6.92 Å². The van der Waals surface area contributed by atoms with E-state index in [2.05, 4.69) is 32.5 Å². The van der Waals surface area contributed by atoms with E-state index >= 15 is 0 Å². The molecule has 0 atom stereocenters. The van der Waals surface area contributed by atoms with Crippen molar-refractivity contribution in [2.75, 3.05) is 23.3 Å². The number of hydrogen-bond acceptors (Lipinski definition) is 6. The lowest BCUT2D eigenvalue weighted by molar-refractivity contribution is -0.116. The number of aryl methyl sites for hydroxylation is 2. The van der Waals surface area contributed by atoms with Gasteiger partial charge in [0.15, 0.2) is 0 Å². The highest BCUT2D eigenvalue weighted by atomic mass is 16.4. The number of amides is 1. The van der Waals surface area contributed by atoms with Crippen LogP contribution in [-0.4, -0.2) is 29.2 Å². The van der Waals surface area contributed by atoms with Crippen LogP contribution in [0.4, 0.5) is 11.4 Å². The summed E-state index contributed by atoms with van der Waals surface area (Å²) in [4.78, 5) is 14.6. The van der Waals surface area contributed by atoms with E-state index in [0.29, 0.717) is 18.2 Å². The summed E-state index contributed by atoms with van der Waals surface area (Å²) in [6.07, 6.45) is 6.06. The Kier molecular flexibility index (Phi) is 5.41. The molecule has 7 heteroatoms. The Balaban J connectivity index is 1.29. The number of rotatable bonds is 6. The summed E-state index contributed by atoms with van der Waals surface area (Å²) in [5.41, 5.74) is 2.79. The summed E-state index contributed by atoms with van der Waals surface area (Å²) >= 11 is 0. The van der Waals surface area contributed by atoms with Gasteiger partial charge < -0.3 is 19.1 Å². The van der Waals surface area contributed by atoms with Gasteiger partial charge >= 0.3 is 0 Å². The Morgan fingerprint density at radius 2 is 1.89 bits per heavy atom. The monoisotopic (exact) mass is 380 g/mol. The minimum Gasteiger partial charge on any atom is -0.469 e. The third kappa shape index (κ3) is 4.24. The predicted octanol–water partition coefficient (Wildman–Crippen LogP) is 4.20. The van der Waals surface area contributed by atoms with Gasteiger partial charge in [-0.15, -0.1) is 10.2 Å². The van der Waals surface area contributed by atoms with Crippen LogP contribution in [-0.2, 0) is 11.2 Å². The summed E-state index contributed by atoms with van der Waals surface area (Å²) in [7, 11) is 0. The molecule has 0 radical (unpaired) electrons. The third-order valence-electron chi connectivity index (χ3n) is 4.99. The number of furan rings is 1. The Morgan fingerprint density at radius 1 is 1.11 bits per heavy atom. The molecule has 1 saturated heterocycles. The zero-order chi connectivity index (χ0) is 19.3. The van der Waals surface area contributed by atoms with Crippen molar-refractivity contribution in [3.05, 3.63) is 48.2 Å². The van der Waals surface area contributed by atoms with E-state index in [-0.39, 0.29) is 12.3 Å². The Morgan fingerprint density at radius 3 is 2.61 bits per heavy atom. The molecule has 2 aromatic heterocycles. The fourth-order valence-corrected chi connectivity index (χ4v) is 3.42. The number of piperidine rings is 1. The van der Waals surface area contributed by atoms with Crippen molar-refractivity contribution in [1.29, 1.82) is 0 Å². The van der Waals surface area contributed by atoms with Gasteiger partial charge in [-0.1, -0.05) is 0 Å². The van der Waals surface area contributed by atoms with E-state index in [1.807, 2.05) is 19.1 Å². The molecule has 0 aliphatic carbocycles. The zero-order valence-corrected chi connectivity index (χ0v) is 16.0. The molecule has 3 heterocycles. The summed E-state index contributed by atoms with van der Waals surface area (Å²) in [5, 5.41) is 11.0. The second-order valence-electron chi connectivity index (χ2n) is 7.03. The van der Waals surface area contributed by atoms with Crippen LogP contribution in [0.3, 0.4) is 0 Å². The molecule has 0 spiro atoms. The van der Waals surface area contributed by atoms with Gasteiger partial charge in [0.25, 0.3) is 5.89 Å². The maximum absolute atomic E-state index is 12.2. The first-order valence-electron chi connectivity index (χ1n) is 9.71. The van der Waals surface area contributed by atoms with Crippen LogP contribution in [0.5, 0.6) is 0 Å². The number of nitrogens with zero attached hydrogens (tertiary/aromatic N) is 3. The minimum atomic E-state index is -0.0787. The van der Waals surface area contributed by atoms with Gasteiger partial charge in [0.2, 0.25) is 11.8 Å². The van der Waals surface area contributed by atoms with E-state index in [1.54, 1.807) is 12.3 Å². The number of hydrogen-bond donors (Lipinski definition) is 1. The van der Waals surface area contributed by atoms with Crippen molar-refractivity contribution in [3.63, 3.8) is 0 Å². The van der Waals surface area contributed by atoms with Gasteiger partial charge in [-0.3, -0.25) is 4.79 Å². The Labute approximate surface area is 163 Å². The third-order valence-corrected chi connectivity index (χ3v) is 4.99. The summed E-state index contributed by atoms with van der Waals surface area (Å²) in [5.74, 6) is 1.49. The van der Waals surface area contributed by atoms with Gasteiger partial charge in [0.1, 0.15) is 5.76 Å². The van der Waals surface area contributed by atoms with E-state index in [1.165, 1.54) is 24.9 Å². The first kappa shape index (κ1) is 18.3. The lowest BCUT2D eigenvalue weighted by Gasteiger charge is -2.28. The molecule has 3 aromatic rings. The van der Waals surface area contributed by atoms with Crippen molar-refractivity contribution < 1.29 is 13.6 Å². The molecule has 1 aliphatic rings. The number of anilines is 2. The molecule has 4 rings (SSSR count). The standard InChI is InChI=1S/C21H24N4O3/c1-15-18(11-14-27-15)21-24-23-20(28-21)10-9-19(26)22-16-5-7-17(8-6-16)25-12-3-2-4-13-25/h5-8,11,14H,2-4,9-10,12-13H2,1H3,(H,22,26). The van der Waals surface area contributed by atoms with Gasteiger partial charge in [-0.2, -0.15) is 0 Å². The lowest BCUT2D eigenvalue weighted by Crippen LogP contribution is -2.29. The molecule has 0 bridgehead atoms. The van der Waals surface area contributed by atoms with Crippen molar-refractivity contribution in [2.45, 2.75) is 39.0 Å². The molecule has 146 valence electrons. The molecule has 0 unspecified atom stereocenters. The highest BCUT2D eigenvalue weighted by molar-refractivity contribution is 5.90. The number of carbonyl (C=O) groups is 1. The van der Waals surface area contributed by atoms with Crippen LogP contribution in [0.15, 0.2) is 45.4 Å². The molecule has 1 aliphatic heterocycles. The summed E-state index contributed by atoms with van der Waals surface area (Å²) in [6.45, 7) is 4.05. The quantitative estimate of drug-likeness (QED) is 0.690. The average Bonchev–Trinajstić information content (AvgIpc) is 3.36. The molecule has 7 nitrogen and oxygen atoms in total. The molecular formula is C21H24N4O3. The van der Waals surface area contributed by atoms with E-state index in [0.717, 1.165) is 30.1 Å². The second-order valence-corrected chi connectivity index (χ2v) is 7.03. The first-order valence-corrected chi connectivity index (χ1v) is 9.71. The number of carbonyl (C=O) groups excluding carboxylic acids is 1. The molecule has 0 saturated carbocycles. The number of aromatic nitrogens is 2. The van der Waals surface area contributed by atoms with Gasteiger partial charge in [-0.25, -0.2) is 0 Å². The first-order chi connectivity index (χ1) is 13.7. The van der Waals surface area contributed by atoms with E-state index in [4.69, 9.17) is 8.83 Å². The van der Waals surface area contributed by atoms with Crippen LogP contribution < -0.4 is 10.2 Å². The molecule has 1 fully saturated rings. The molecule has 1 aromatic carbocycles. The summed E-state index contributed by atoms with van der Waals surface area (Å²) in [6, 6.07) is 9.83. The van der Waals surface area contributed by atoms with Crippen LogP contribution >= 0.6 is 0 Å². The minimum absolute atomic E-state index is 0.0787. The maximum atomic E-state index is 12.2. The van der Waals surface area contributed by atoms with Crippen LogP contribution in [0.1, 0.15) is 37.3 Å². The van der Waals surface area contributed by atoms with Crippen molar-refractivity contribution in [2.24, 2.45) is 0 Å². The van der Waals surface area contributed by atoms with Crippen LogP contribution in [0.2, 0.25) is 0 Å². The summed E-state index contributed by atoms with van der Waals surface area (Å²) < 4.78 is 10.9. The second kappa shape index (κ2) is 8.29. The van der Waals surface area contributed by atoms with Gasteiger partial charge in [0.05, 0.1) is 11.8 Å². The Hall–Kier alpha value is -3.09. The normalized spacial score (nSPS) is 14.2. The average molecular weight is 380 g/mol. The molecule has 28 heavy (non-hydrogen) atoms. The number of nitrogens with one attached hydrogen (secondary N) is 1. The molecular weight excluding hydrogens is 356 g/mol. The Bertz CT molecular complexity index is 923. The number of benzene rings is 1. The topological polar surface area (TPSA) is 84.4 Å². The van der Waals surface area contributed by atoms with E-state index in [9.17, 15) is 4.79 Å². The van der Waals surface area contributed by atoms with Crippen molar-refractivity contribution in [1.82, 2.24) is 10.2 Å². The lowest BCUT2D eigenvalue weighted by atomic mass is 10.1. The molecule has 1 N–H and O–H groups in total. The fourth-order valence-electron chi connectivity index (χ4n) is 3.42. The fraction of sp³-hybridized carbons (Fsp3) is 0.381. The highest BCUT2D eigenvalue weighted by Gasteiger charge is 2.14. The van der Waals surface area contributed by atoms with Gasteiger partial charge in [-0.05, 0) is 56.5 Å². The van der Waals surface area contributed by atoms with Gasteiger partial charge in [0, 0.05) is 37.3 Å². The maximum Gasteiger partial charge on any atom is 0.251 e. The highest BCUT2D eigenvalue weighted by Crippen LogP contribution is 2.24. The van der Waals surface area contributed by atoms with Crippen LogP contribution in [0.25, 0.3) is 11.5 Å². The van der Waals surface area contributed by atoms with Crippen molar-refractivity contribution >= 4 is 17.3 Å². The predicted molar refractivity (Wildman–Crippen MR) is 106 cm³/mol. The zero-order valence-electron chi connectivity index (χ0n) is 16.0.